The summed E-state index contributed by atoms with van der Waals surface area (Å²) in [5, 5.41) is 9.96. The van der Waals surface area contributed by atoms with Crippen molar-refractivity contribution in [3.8, 4) is 0 Å². The summed E-state index contributed by atoms with van der Waals surface area (Å²) in [5.74, 6) is -0.876. The van der Waals surface area contributed by atoms with Gasteiger partial charge in [-0.2, -0.15) is 0 Å². The van der Waals surface area contributed by atoms with Crippen molar-refractivity contribution in [2.24, 2.45) is 0 Å². The van der Waals surface area contributed by atoms with E-state index in [4.69, 9.17) is 5.21 Å². The van der Waals surface area contributed by atoms with Crippen molar-refractivity contribution in [1.82, 2.24) is 14.9 Å². The largest absolute Gasteiger partial charge is 0.333 e. The SMILES string of the molecule is O=C(Cn1c2c(c3ccccc31)CCN(C(=O)c1cc(CF)cc(CF)c1)C2)NO. The number of amides is 2. The van der Waals surface area contributed by atoms with Gasteiger partial charge in [0.2, 0.25) is 0 Å². The molecule has 2 N–H and O–H groups in total. The molecule has 0 bridgehead atoms. The standard InChI is InChI=1S/C22H21F2N3O3/c23-10-14-7-15(11-24)9-16(8-14)22(29)26-6-5-18-17-3-1-2-4-19(17)27(20(18)12-26)13-21(28)25-30/h1-4,7-9,30H,5-6,10-13H2,(H,25,28). The molecule has 0 radical (unpaired) electrons. The van der Waals surface area contributed by atoms with Crippen LogP contribution in [0.5, 0.6) is 0 Å². The van der Waals surface area contributed by atoms with Gasteiger partial charge in [-0.1, -0.05) is 24.3 Å². The highest BCUT2D eigenvalue weighted by molar-refractivity contribution is 5.95. The van der Waals surface area contributed by atoms with Crippen LogP contribution in [0.4, 0.5) is 8.78 Å². The van der Waals surface area contributed by atoms with E-state index in [9.17, 15) is 18.4 Å². The first-order valence-corrected chi connectivity index (χ1v) is 9.61. The van der Waals surface area contributed by atoms with Crippen LogP contribution >= 0.6 is 0 Å². The highest BCUT2D eigenvalue weighted by Crippen LogP contribution is 2.31. The monoisotopic (exact) mass is 413 g/mol. The summed E-state index contributed by atoms with van der Waals surface area (Å²) in [6.45, 7) is -0.924. The van der Waals surface area contributed by atoms with Crippen molar-refractivity contribution in [1.29, 1.82) is 0 Å². The fourth-order valence-corrected chi connectivity index (χ4v) is 4.15. The van der Waals surface area contributed by atoms with Crippen molar-refractivity contribution in [3.05, 3.63) is 70.4 Å². The van der Waals surface area contributed by atoms with Gasteiger partial charge in [-0.05, 0) is 41.3 Å². The Morgan fingerprint density at radius 1 is 1.07 bits per heavy atom. The number of halogens is 2. The van der Waals surface area contributed by atoms with Crippen LogP contribution in [0, 0.1) is 0 Å². The van der Waals surface area contributed by atoms with Gasteiger partial charge in [-0.15, -0.1) is 0 Å². The Kier molecular flexibility index (Phi) is 5.50. The molecule has 156 valence electrons. The summed E-state index contributed by atoms with van der Waals surface area (Å²) in [5.41, 5.74) is 5.14. The molecular formula is C22H21F2N3O3. The number of nitrogens with one attached hydrogen (secondary N) is 1. The Hall–Kier alpha value is -3.26. The minimum absolute atomic E-state index is 0.0856. The predicted octanol–water partition coefficient (Wildman–Crippen LogP) is 3.28. The fraction of sp³-hybridized carbons (Fsp3) is 0.273. The lowest BCUT2D eigenvalue weighted by atomic mass is 10.0. The van der Waals surface area contributed by atoms with E-state index >= 15 is 0 Å². The summed E-state index contributed by atoms with van der Waals surface area (Å²) in [4.78, 5) is 26.6. The smallest absolute Gasteiger partial charge is 0.263 e. The molecule has 2 amide bonds. The molecule has 2 heterocycles. The van der Waals surface area contributed by atoms with Crippen LogP contribution in [0.3, 0.4) is 0 Å². The van der Waals surface area contributed by atoms with Gasteiger partial charge in [0.1, 0.15) is 19.9 Å². The molecule has 6 nitrogen and oxygen atoms in total. The van der Waals surface area contributed by atoms with Crippen LogP contribution < -0.4 is 5.48 Å². The lowest BCUT2D eigenvalue weighted by molar-refractivity contribution is -0.129. The van der Waals surface area contributed by atoms with E-state index in [1.807, 2.05) is 24.3 Å². The second-order valence-electron chi connectivity index (χ2n) is 7.35. The number of hydrogen-bond acceptors (Lipinski definition) is 3. The Bertz CT molecular complexity index is 1100. The molecule has 8 heteroatoms. The van der Waals surface area contributed by atoms with Crippen LogP contribution in [-0.4, -0.2) is 33.0 Å². The molecule has 4 rings (SSSR count). The lowest BCUT2D eigenvalue weighted by Crippen LogP contribution is -2.37. The van der Waals surface area contributed by atoms with Crippen LogP contribution in [0.1, 0.15) is 32.7 Å². The zero-order chi connectivity index (χ0) is 21.3. The minimum atomic E-state index is -0.775. The number of nitrogens with zero attached hydrogens (tertiary/aromatic N) is 2. The van der Waals surface area contributed by atoms with E-state index < -0.39 is 19.3 Å². The Morgan fingerprint density at radius 3 is 2.43 bits per heavy atom. The van der Waals surface area contributed by atoms with Crippen LogP contribution in [0.2, 0.25) is 0 Å². The zero-order valence-electron chi connectivity index (χ0n) is 16.2. The first kappa shape index (κ1) is 20.0. The summed E-state index contributed by atoms with van der Waals surface area (Å²) >= 11 is 0. The van der Waals surface area contributed by atoms with Crippen molar-refractivity contribution >= 4 is 22.7 Å². The summed E-state index contributed by atoms with van der Waals surface area (Å²) in [7, 11) is 0. The summed E-state index contributed by atoms with van der Waals surface area (Å²) in [6.07, 6.45) is 0.591. The maximum absolute atomic E-state index is 13.1. The second kappa shape index (κ2) is 8.23. The third-order valence-electron chi connectivity index (χ3n) is 5.49. The normalized spacial score (nSPS) is 13.4. The van der Waals surface area contributed by atoms with Gasteiger partial charge in [-0.25, -0.2) is 14.3 Å². The Balaban J connectivity index is 1.71. The number of rotatable bonds is 5. The molecular weight excluding hydrogens is 392 g/mol. The van der Waals surface area contributed by atoms with E-state index in [2.05, 4.69) is 0 Å². The quantitative estimate of drug-likeness (QED) is 0.498. The first-order valence-electron chi connectivity index (χ1n) is 9.61. The molecule has 1 aliphatic rings. The van der Waals surface area contributed by atoms with Gasteiger partial charge in [0, 0.05) is 28.7 Å². The van der Waals surface area contributed by atoms with E-state index in [-0.39, 0.29) is 35.7 Å². The van der Waals surface area contributed by atoms with Crippen LogP contribution in [0.15, 0.2) is 42.5 Å². The third-order valence-corrected chi connectivity index (χ3v) is 5.49. The number of carbonyl (C=O) groups is 2. The molecule has 2 aromatic carbocycles. The zero-order valence-corrected chi connectivity index (χ0v) is 16.2. The van der Waals surface area contributed by atoms with Gasteiger partial charge >= 0.3 is 0 Å². The highest BCUT2D eigenvalue weighted by Gasteiger charge is 2.28. The highest BCUT2D eigenvalue weighted by atomic mass is 19.1. The van der Waals surface area contributed by atoms with Gasteiger partial charge in [0.25, 0.3) is 11.8 Å². The molecule has 3 aromatic rings. The Labute approximate surface area is 171 Å². The molecule has 0 saturated carbocycles. The van der Waals surface area contributed by atoms with Crippen LogP contribution in [0.25, 0.3) is 10.9 Å². The fourth-order valence-electron chi connectivity index (χ4n) is 4.15. The number of benzene rings is 2. The van der Waals surface area contributed by atoms with E-state index in [0.717, 1.165) is 22.2 Å². The number of hydrogen-bond donors (Lipinski definition) is 2. The molecule has 0 fully saturated rings. The van der Waals surface area contributed by atoms with E-state index in [1.54, 1.807) is 14.9 Å². The number of fused-ring (bicyclic) bond motifs is 3. The third kappa shape index (κ3) is 3.54. The van der Waals surface area contributed by atoms with Crippen molar-refractivity contribution in [2.75, 3.05) is 6.54 Å². The van der Waals surface area contributed by atoms with Crippen molar-refractivity contribution in [2.45, 2.75) is 32.9 Å². The van der Waals surface area contributed by atoms with Gasteiger partial charge in [-0.3, -0.25) is 14.8 Å². The Morgan fingerprint density at radius 2 is 1.77 bits per heavy atom. The topological polar surface area (TPSA) is 74.6 Å². The molecule has 30 heavy (non-hydrogen) atoms. The maximum Gasteiger partial charge on any atom is 0.263 e. The van der Waals surface area contributed by atoms with Crippen molar-refractivity contribution in [3.63, 3.8) is 0 Å². The number of alkyl halides is 2. The first-order chi connectivity index (χ1) is 14.5. The summed E-state index contributed by atoms with van der Waals surface area (Å²) in [6, 6.07) is 12.0. The summed E-state index contributed by atoms with van der Waals surface area (Å²) < 4.78 is 28.1. The number of carbonyl (C=O) groups excluding carboxylic acids is 2. The molecule has 0 saturated heterocycles. The molecule has 1 aromatic heterocycles. The lowest BCUT2D eigenvalue weighted by Gasteiger charge is -2.29. The number of hydroxylamine groups is 1. The molecule has 0 spiro atoms. The minimum Gasteiger partial charge on any atom is -0.333 e. The van der Waals surface area contributed by atoms with Gasteiger partial charge < -0.3 is 9.47 Å². The molecule has 0 unspecified atom stereocenters. The maximum atomic E-state index is 13.1. The predicted molar refractivity (Wildman–Crippen MR) is 106 cm³/mol. The number of para-hydroxylation sites is 1. The van der Waals surface area contributed by atoms with Crippen LogP contribution in [-0.2, 0) is 37.7 Å². The molecule has 0 atom stereocenters. The average Bonchev–Trinajstić information content (AvgIpc) is 3.10. The second-order valence-corrected chi connectivity index (χ2v) is 7.35. The molecule has 1 aliphatic heterocycles. The van der Waals surface area contributed by atoms with E-state index in [1.165, 1.54) is 18.2 Å². The number of aromatic nitrogens is 1. The average molecular weight is 413 g/mol. The van der Waals surface area contributed by atoms with Crippen molar-refractivity contribution < 1.29 is 23.6 Å². The van der Waals surface area contributed by atoms with Gasteiger partial charge in [0.15, 0.2) is 0 Å². The van der Waals surface area contributed by atoms with Gasteiger partial charge in [0.05, 0.1) is 6.54 Å². The molecule has 0 aliphatic carbocycles. The van der Waals surface area contributed by atoms with E-state index in [0.29, 0.717) is 13.0 Å².